The summed E-state index contributed by atoms with van der Waals surface area (Å²) in [5.41, 5.74) is 0. The number of aliphatic hydroxyl groups is 1. The first kappa shape index (κ1) is 14.8. The summed E-state index contributed by atoms with van der Waals surface area (Å²) in [5, 5.41) is 12.5. The van der Waals surface area contributed by atoms with Crippen LogP contribution in [-0.2, 0) is 0 Å². The van der Waals surface area contributed by atoms with Crippen molar-refractivity contribution in [2.24, 2.45) is 0 Å². The van der Waals surface area contributed by atoms with Crippen LogP contribution in [0.25, 0.3) is 0 Å². The Kier molecular flexibility index (Phi) is 9.00. The van der Waals surface area contributed by atoms with Crippen LogP contribution in [0.2, 0.25) is 0 Å². The third-order valence-electron chi connectivity index (χ3n) is 2.36. The molecule has 0 saturated heterocycles. The molecule has 0 bridgehead atoms. The highest BCUT2D eigenvalue weighted by atomic mass is 16.3. The maximum Gasteiger partial charge on any atom is 0.0597 e. The summed E-state index contributed by atoms with van der Waals surface area (Å²) in [7, 11) is 6.25. The van der Waals surface area contributed by atoms with Crippen molar-refractivity contribution < 1.29 is 5.11 Å². The predicted octanol–water partition coefficient (Wildman–Crippen LogP) is -0.160. The lowest BCUT2D eigenvalue weighted by Gasteiger charge is -2.24. The zero-order valence-electron chi connectivity index (χ0n) is 10.7. The van der Waals surface area contributed by atoms with E-state index in [1.165, 1.54) is 0 Å². The Hall–Kier alpha value is -0.160. The molecule has 0 aromatic carbocycles. The van der Waals surface area contributed by atoms with E-state index in [0.717, 1.165) is 32.6 Å². The van der Waals surface area contributed by atoms with Gasteiger partial charge in [-0.05, 0) is 34.1 Å². The minimum absolute atomic E-state index is 0.206. The fraction of sp³-hybridized carbons (Fsp3) is 1.00. The Morgan fingerprint density at radius 1 is 1.20 bits per heavy atom. The molecule has 0 radical (unpaired) electrons. The summed E-state index contributed by atoms with van der Waals surface area (Å²) in [6.45, 7) is 6.33. The van der Waals surface area contributed by atoms with Gasteiger partial charge in [0, 0.05) is 25.7 Å². The number of nitrogens with one attached hydrogen (secondary N) is 1. The van der Waals surface area contributed by atoms with E-state index >= 15 is 0 Å². The van der Waals surface area contributed by atoms with Crippen molar-refractivity contribution in [3.05, 3.63) is 0 Å². The van der Waals surface area contributed by atoms with E-state index in [0.29, 0.717) is 0 Å². The van der Waals surface area contributed by atoms with Gasteiger partial charge in [0.05, 0.1) is 6.61 Å². The maximum absolute atomic E-state index is 9.18. The Bertz CT molecular complexity index is 142. The number of aliphatic hydroxyl groups excluding tert-OH is 1. The number of likely N-dealkylation sites (N-methyl/N-ethyl adjacent to an activating group) is 2. The van der Waals surface area contributed by atoms with Gasteiger partial charge in [-0.1, -0.05) is 6.92 Å². The second-order valence-electron chi connectivity index (χ2n) is 4.40. The van der Waals surface area contributed by atoms with Crippen LogP contribution in [0, 0.1) is 0 Å². The summed E-state index contributed by atoms with van der Waals surface area (Å²) in [6, 6.07) is 0.206. The van der Waals surface area contributed by atoms with Crippen LogP contribution in [0.1, 0.15) is 13.3 Å². The largest absolute Gasteiger partial charge is 0.395 e. The average molecular weight is 217 g/mol. The Labute approximate surface area is 94.3 Å². The van der Waals surface area contributed by atoms with Crippen LogP contribution in [0.4, 0.5) is 0 Å². The van der Waals surface area contributed by atoms with E-state index in [1.54, 1.807) is 0 Å². The van der Waals surface area contributed by atoms with Gasteiger partial charge in [0.25, 0.3) is 0 Å². The number of hydrogen-bond acceptors (Lipinski definition) is 4. The molecule has 0 rings (SSSR count). The first-order valence-corrected chi connectivity index (χ1v) is 5.77. The lowest BCUT2D eigenvalue weighted by atomic mass is 10.2. The molecule has 4 nitrogen and oxygen atoms in total. The highest BCUT2D eigenvalue weighted by Gasteiger charge is 2.09. The minimum atomic E-state index is 0.206. The van der Waals surface area contributed by atoms with E-state index in [9.17, 15) is 5.11 Å². The first-order chi connectivity index (χ1) is 7.10. The molecule has 2 N–H and O–H groups in total. The molecule has 0 aromatic heterocycles. The third-order valence-corrected chi connectivity index (χ3v) is 2.36. The lowest BCUT2D eigenvalue weighted by molar-refractivity contribution is 0.191. The Morgan fingerprint density at radius 2 is 1.87 bits per heavy atom. The highest BCUT2D eigenvalue weighted by Crippen LogP contribution is 1.90. The van der Waals surface area contributed by atoms with Gasteiger partial charge in [0.15, 0.2) is 0 Å². The molecule has 0 aliphatic rings. The van der Waals surface area contributed by atoms with Crippen LogP contribution in [0.5, 0.6) is 0 Å². The van der Waals surface area contributed by atoms with E-state index in [2.05, 4.69) is 43.2 Å². The van der Waals surface area contributed by atoms with Gasteiger partial charge in [-0.3, -0.25) is 0 Å². The first-order valence-electron chi connectivity index (χ1n) is 5.77. The summed E-state index contributed by atoms with van der Waals surface area (Å²) in [4.78, 5) is 4.42. The van der Waals surface area contributed by atoms with Crippen molar-refractivity contribution in [3.63, 3.8) is 0 Å². The van der Waals surface area contributed by atoms with Gasteiger partial charge in [0.1, 0.15) is 0 Å². The van der Waals surface area contributed by atoms with Crippen LogP contribution < -0.4 is 5.32 Å². The highest BCUT2D eigenvalue weighted by molar-refractivity contribution is 4.69. The van der Waals surface area contributed by atoms with Gasteiger partial charge in [-0.2, -0.15) is 0 Å². The van der Waals surface area contributed by atoms with Gasteiger partial charge in [-0.15, -0.1) is 0 Å². The molecular weight excluding hydrogens is 190 g/mol. The number of hydrogen-bond donors (Lipinski definition) is 2. The van der Waals surface area contributed by atoms with E-state index in [4.69, 9.17) is 0 Å². The van der Waals surface area contributed by atoms with Gasteiger partial charge >= 0.3 is 0 Å². The SMILES string of the molecule is CCCNC(CO)CN(C)CCN(C)C. The molecule has 0 aliphatic carbocycles. The van der Waals surface area contributed by atoms with Crippen LogP contribution >= 0.6 is 0 Å². The van der Waals surface area contributed by atoms with Crippen molar-refractivity contribution >= 4 is 0 Å². The van der Waals surface area contributed by atoms with Gasteiger partial charge < -0.3 is 20.2 Å². The molecule has 0 amide bonds. The average Bonchev–Trinajstić information content (AvgIpc) is 2.21. The summed E-state index contributed by atoms with van der Waals surface area (Å²) in [6.07, 6.45) is 1.11. The van der Waals surface area contributed by atoms with E-state index < -0.39 is 0 Å². The second-order valence-corrected chi connectivity index (χ2v) is 4.40. The lowest BCUT2D eigenvalue weighted by Crippen LogP contribution is -2.43. The molecule has 0 fully saturated rings. The molecule has 0 aromatic rings. The molecule has 0 spiro atoms. The molecule has 92 valence electrons. The standard InChI is InChI=1S/C11H27N3O/c1-5-6-12-11(10-15)9-14(4)8-7-13(2)3/h11-12,15H,5-10H2,1-4H3. The zero-order chi connectivity index (χ0) is 11.7. The minimum Gasteiger partial charge on any atom is -0.395 e. The number of rotatable bonds is 9. The third kappa shape index (κ3) is 8.81. The van der Waals surface area contributed by atoms with Crippen LogP contribution in [0.15, 0.2) is 0 Å². The van der Waals surface area contributed by atoms with Crippen molar-refractivity contribution in [3.8, 4) is 0 Å². The maximum atomic E-state index is 9.18. The predicted molar refractivity (Wildman–Crippen MR) is 65.2 cm³/mol. The van der Waals surface area contributed by atoms with Crippen LogP contribution in [-0.4, -0.2) is 74.9 Å². The van der Waals surface area contributed by atoms with Crippen molar-refractivity contribution in [1.29, 1.82) is 0 Å². The Balaban J connectivity index is 3.64. The summed E-state index contributed by atoms with van der Waals surface area (Å²) >= 11 is 0. The van der Waals surface area contributed by atoms with Crippen LogP contribution in [0.3, 0.4) is 0 Å². The molecular formula is C11H27N3O. The topological polar surface area (TPSA) is 38.7 Å². The smallest absolute Gasteiger partial charge is 0.0597 e. The fourth-order valence-corrected chi connectivity index (χ4v) is 1.37. The summed E-state index contributed by atoms with van der Waals surface area (Å²) < 4.78 is 0. The molecule has 4 heteroatoms. The van der Waals surface area contributed by atoms with Crippen molar-refractivity contribution in [2.45, 2.75) is 19.4 Å². The zero-order valence-corrected chi connectivity index (χ0v) is 10.7. The van der Waals surface area contributed by atoms with Crippen molar-refractivity contribution in [2.75, 3.05) is 53.9 Å². The molecule has 0 aliphatic heterocycles. The summed E-state index contributed by atoms with van der Waals surface area (Å²) in [5.74, 6) is 0. The molecule has 1 unspecified atom stereocenters. The van der Waals surface area contributed by atoms with E-state index in [1.807, 2.05) is 0 Å². The van der Waals surface area contributed by atoms with Gasteiger partial charge in [-0.25, -0.2) is 0 Å². The number of nitrogens with zero attached hydrogens (tertiary/aromatic N) is 2. The fourth-order valence-electron chi connectivity index (χ4n) is 1.37. The normalized spacial score (nSPS) is 13.8. The van der Waals surface area contributed by atoms with E-state index in [-0.39, 0.29) is 12.6 Å². The second kappa shape index (κ2) is 9.09. The molecule has 1 atom stereocenters. The molecule has 0 saturated carbocycles. The quantitative estimate of drug-likeness (QED) is 0.563. The Morgan fingerprint density at radius 3 is 2.33 bits per heavy atom. The molecule has 0 heterocycles. The van der Waals surface area contributed by atoms with Crippen molar-refractivity contribution in [1.82, 2.24) is 15.1 Å². The monoisotopic (exact) mass is 217 g/mol. The van der Waals surface area contributed by atoms with Gasteiger partial charge in [0.2, 0.25) is 0 Å². The molecule has 15 heavy (non-hydrogen) atoms.